The fourth-order valence-electron chi connectivity index (χ4n) is 1.13. The average Bonchev–Trinajstić information content (AvgIpc) is 2.69. The van der Waals surface area contributed by atoms with Crippen molar-refractivity contribution in [3.05, 3.63) is 23.9 Å². The molecule has 0 bridgehead atoms. The van der Waals surface area contributed by atoms with Crippen LogP contribution in [0.2, 0.25) is 0 Å². The molecule has 1 rings (SSSR count). The van der Waals surface area contributed by atoms with Crippen LogP contribution in [0, 0.1) is 0 Å². The van der Waals surface area contributed by atoms with Crippen LogP contribution in [0.1, 0.15) is 23.0 Å². The first kappa shape index (κ1) is 13.2. The Morgan fingerprint density at radius 2 is 2.35 bits per heavy atom. The van der Waals surface area contributed by atoms with Crippen LogP contribution in [0.25, 0.3) is 0 Å². The predicted molar refractivity (Wildman–Crippen MR) is 63.6 cm³/mol. The van der Waals surface area contributed by atoms with Crippen molar-refractivity contribution in [1.29, 1.82) is 0 Å². The lowest BCUT2D eigenvalue weighted by atomic mass is 10.2. The largest absolute Gasteiger partial charge is 0.478 e. The van der Waals surface area contributed by atoms with E-state index in [2.05, 4.69) is 16.3 Å². The van der Waals surface area contributed by atoms with Gasteiger partial charge in [0.05, 0.1) is 5.69 Å². The number of hydrogen-bond donors (Lipinski definition) is 2. The van der Waals surface area contributed by atoms with Gasteiger partial charge in [-0.1, -0.05) is 19.6 Å². The van der Waals surface area contributed by atoms with Crippen molar-refractivity contribution >= 4 is 28.6 Å². The molecule has 0 aliphatic rings. The highest BCUT2D eigenvalue weighted by Crippen LogP contribution is 2.25. The van der Waals surface area contributed by atoms with Gasteiger partial charge in [0.15, 0.2) is 0 Å². The number of carbonyl (C=O) groups excluding carboxylic acids is 1. The Labute approximate surface area is 102 Å². The highest BCUT2D eigenvalue weighted by molar-refractivity contribution is 7.11. The van der Waals surface area contributed by atoms with E-state index in [1.807, 2.05) is 0 Å². The van der Waals surface area contributed by atoms with E-state index in [0.717, 1.165) is 11.5 Å². The Bertz CT molecular complexity index is 442. The van der Waals surface area contributed by atoms with E-state index in [4.69, 9.17) is 9.84 Å². The Morgan fingerprint density at radius 3 is 2.88 bits per heavy atom. The molecule has 2 N–H and O–H groups in total. The van der Waals surface area contributed by atoms with Gasteiger partial charge in [0.1, 0.15) is 17.2 Å². The molecule has 1 heterocycles. The fourth-order valence-corrected chi connectivity index (χ4v) is 1.98. The van der Waals surface area contributed by atoms with Crippen molar-refractivity contribution in [3.63, 3.8) is 0 Å². The minimum atomic E-state index is -1.12. The van der Waals surface area contributed by atoms with E-state index >= 15 is 0 Å². The maximum absolute atomic E-state index is 11.2. The second-order valence-electron chi connectivity index (χ2n) is 3.00. The van der Waals surface area contributed by atoms with Gasteiger partial charge in [-0.15, -0.1) is 0 Å². The number of carboxylic acids is 1. The van der Waals surface area contributed by atoms with Gasteiger partial charge in [-0.05, 0) is 18.0 Å². The number of ether oxygens (including phenoxy) is 1. The van der Waals surface area contributed by atoms with Gasteiger partial charge in [0, 0.05) is 0 Å². The highest BCUT2D eigenvalue weighted by Gasteiger charge is 2.20. The van der Waals surface area contributed by atoms with Gasteiger partial charge < -0.3 is 9.84 Å². The van der Waals surface area contributed by atoms with E-state index in [-0.39, 0.29) is 17.2 Å². The topological polar surface area (TPSA) is 88.5 Å². The summed E-state index contributed by atoms with van der Waals surface area (Å²) in [5.41, 5.74) is 0.467. The molecule has 0 saturated heterocycles. The fraction of sp³-hybridized carbons (Fsp3) is 0.300. The molecule has 6 nitrogen and oxygen atoms in total. The lowest BCUT2D eigenvalue weighted by Gasteiger charge is -2.03. The van der Waals surface area contributed by atoms with Crippen LogP contribution in [0.4, 0.5) is 9.80 Å². The van der Waals surface area contributed by atoms with E-state index in [1.54, 1.807) is 6.92 Å². The Balaban J connectivity index is 2.84. The molecule has 1 aromatic rings. The van der Waals surface area contributed by atoms with Crippen molar-refractivity contribution in [3.8, 4) is 0 Å². The molecule has 0 atom stereocenters. The maximum atomic E-state index is 11.2. The first-order valence-electron chi connectivity index (χ1n) is 4.86. The number of anilines is 1. The van der Waals surface area contributed by atoms with Gasteiger partial charge in [0.25, 0.3) is 0 Å². The van der Waals surface area contributed by atoms with Gasteiger partial charge in [-0.2, -0.15) is 4.37 Å². The number of aryl methyl sites for hydroxylation is 1. The Morgan fingerprint density at radius 1 is 1.65 bits per heavy atom. The van der Waals surface area contributed by atoms with Gasteiger partial charge in [-0.25, -0.2) is 9.59 Å². The Kier molecular flexibility index (Phi) is 4.65. The number of aromatic carboxylic acids is 1. The van der Waals surface area contributed by atoms with Gasteiger partial charge >= 0.3 is 12.1 Å². The summed E-state index contributed by atoms with van der Waals surface area (Å²) in [6.45, 7) is 5.25. The predicted octanol–water partition coefficient (Wildman–Crippen LogP) is 2.14. The standard InChI is InChI=1S/C10H12N2O4S/c1-3-5-16-10(15)11-8-7(9(13)14)6(4-2)12-17-8/h3H,1,4-5H2,2H3,(H,11,15)(H,13,14). The molecule has 17 heavy (non-hydrogen) atoms. The summed E-state index contributed by atoms with van der Waals surface area (Å²) in [6, 6.07) is 0. The molecule has 0 aromatic carbocycles. The molecule has 0 aliphatic heterocycles. The van der Waals surface area contributed by atoms with Crippen molar-refractivity contribution in [2.75, 3.05) is 11.9 Å². The van der Waals surface area contributed by atoms with Crippen LogP contribution in [-0.2, 0) is 11.2 Å². The van der Waals surface area contributed by atoms with Crippen molar-refractivity contribution in [1.82, 2.24) is 4.37 Å². The van der Waals surface area contributed by atoms with E-state index < -0.39 is 12.1 Å². The molecule has 0 saturated carbocycles. The van der Waals surface area contributed by atoms with Crippen LogP contribution in [-0.4, -0.2) is 28.1 Å². The average molecular weight is 256 g/mol. The van der Waals surface area contributed by atoms with Crippen molar-refractivity contribution in [2.24, 2.45) is 0 Å². The summed E-state index contributed by atoms with van der Waals surface area (Å²) >= 11 is 0.922. The maximum Gasteiger partial charge on any atom is 0.412 e. The summed E-state index contributed by atoms with van der Waals surface area (Å²) in [6.07, 6.45) is 1.18. The number of hydrogen-bond acceptors (Lipinski definition) is 5. The number of amides is 1. The highest BCUT2D eigenvalue weighted by atomic mass is 32.1. The van der Waals surface area contributed by atoms with Crippen LogP contribution in [0.3, 0.4) is 0 Å². The minimum Gasteiger partial charge on any atom is -0.478 e. The number of carboxylic acid groups (broad SMARTS) is 1. The van der Waals surface area contributed by atoms with Crippen LogP contribution in [0.15, 0.2) is 12.7 Å². The Hall–Kier alpha value is -1.89. The minimum absolute atomic E-state index is 0.0213. The van der Waals surface area contributed by atoms with Crippen LogP contribution in [0.5, 0.6) is 0 Å². The van der Waals surface area contributed by atoms with Gasteiger partial charge in [-0.3, -0.25) is 5.32 Å². The van der Waals surface area contributed by atoms with Crippen LogP contribution < -0.4 is 5.32 Å². The summed E-state index contributed by atoms with van der Waals surface area (Å²) < 4.78 is 8.65. The number of aromatic nitrogens is 1. The zero-order valence-corrected chi connectivity index (χ0v) is 10.0. The molecule has 92 valence electrons. The summed E-state index contributed by atoms with van der Waals surface area (Å²) in [4.78, 5) is 22.3. The van der Waals surface area contributed by atoms with E-state index in [1.165, 1.54) is 6.08 Å². The molecule has 0 radical (unpaired) electrons. The monoisotopic (exact) mass is 256 g/mol. The third kappa shape index (κ3) is 3.28. The van der Waals surface area contributed by atoms with E-state index in [9.17, 15) is 9.59 Å². The zero-order chi connectivity index (χ0) is 12.8. The summed E-state index contributed by atoms with van der Waals surface area (Å²) in [7, 11) is 0. The van der Waals surface area contributed by atoms with E-state index in [0.29, 0.717) is 12.1 Å². The number of nitrogens with one attached hydrogen (secondary N) is 1. The smallest absolute Gasteiger partial charge is 0.412 e. The third-order valence-corrected chi connectivity index (χ3v) is 2.66. The number of nitrogens with zero attached hydrogens (tertiary/aromatic N) is 1. The molecule has 0 unspecified atom stereocenters. The van der Waals surface area contributed by atoms with Crippen LogP contribution >= 0.6 is 11.5 Å². The molecule has 0 fully saturated rings. The lowest BCUT2D eigenvalue weighted by molar-refractivity contribution is 0.0697. The second kappa shape index (κ2) is 6.00. The molecular weight excluding hydrogens is 244 g/mol. The first-order chi connectivity index (χ1) is 8.10. The quantitative estimate of drug-likeness (QED) is 0.788. The summed E-state index contributed by atoms with van der Waals surface area (Å²) in [5.74, 6) is -1.12. The summed E-state index contributed by atoms with van der Waals surface area (Å²) in [5, 5.41) is 11.5. The second-order valence-corrected chi connectivity index (χ2v) is 3.78. The normalized spacial score (nSPS) is 9.71. The molecule has 7 heteroatoms. The van der Waals surface area contributed by atoms with Crippen molar-refractivity contribution < 1.29 is 19.4 Å². The number of rotatable bonds is 5. The third-order valence-electron chi connectivity index (χ3n) is 1.86. The first-order valence-corrected chi connectivity index (χ1v) is 5.64. The lowest BCUT2D eigenvalue weighted by Crippen LogP contribution is -2.15. The molecular formula is C10H12N2O4S. The molecule has 1 aromatic heterocycles. The SMILES string of the molecule is C=CCOC(=O)Nc1snc(CC)c1C(=O)O. The molecule has 0 spiro atoms. The number of carbonyl (C=O) groups is 2. The molecule has 1 amide bonds. The molecule has 0 aliphatic carbocycles. The van der Waals surface area contributed by atoms with Crippen molar-refractivity contribution in [2.45, 2.75) is 13.3 Å². The zero-order valence-electron chi connectivity index (χ0n) is 9.23. The van der Waals surface area contributed by atoms with Gasteiger partial charge in [0.2, 0.25) is 0 Å².